The molecule has 0 radical (unpaired) electrons. The number of aryl methyl sites for hydroxylation is 1. The third-order valence-corrected chi connectivity index (χ3v) is 2.74. The minimum Gasteiger partial charge on any atom is -0.431 e. The molecule has 1 aromatic heterocycles. The highest BCUT2D eigenvalue weighted by atomic mass is 16.6. The van der Waals surface area contributed by atoms with Crippen LogP contribution >= 0.6 is 0 Å². The van der Waals surface area contributed by atoms with Gasteiger partial charge >= 0.3 is 5.69 Å². The molecular formula is C14H15N3O3. The Morgan fingerprint density at radius 2 is 2.20 bits per heavy atom. The fourth-order valence-corrected chi connectivity index (χ4v) is 1.80. The minimum absolute atomic E-state index is 0.0725. The van der Waals surface area contributed by atoms with Crippen molar-refractivity contribution in [3.05, 3.63) is 57.8 Å². The zero-order valence-corrected chi connectivity index (χ0v) is 11.3. The standard InChI is InChI=1S/C14H15N3O3/c1-10-5-6-12(17(18)19)13(8-10)20-14-11(9-15-2)4-3-7-16-14/h3-8,15H,9H2,1-2H3. The van der Waals surface area contributed by atoms with Crippen LogP contribution in [0.3, 0.4) is 0 Å². The van der Waals surface area contributed by atoms with Gasteiger partial charge in [-0.15, -0.1) is 0 Å². The summed E-state index contributed by atoms with van der Waals surface area (Å²) in [5, 5.41) is 14.0. The average molecular weight is 273 g/mol. The van der Waals surface area contributed by atoms with E-state index in [4.69, 9.17) is 4.74 Å². The van der Waals surface area contributed by atoms with Crippen LogP contribution in [-0.4, -0.2) is 17.0 Å². The van der Waals surface area contributed by atoms with Gasteiger partial charge in [0.2, 0.25) is 11.6 Å². The van der Waals surface area contributed by atoms with E-state index in [-0.39, 0.29) is 11.4 Å². The zero-order valence-electron chi connectivity index (χ0n) is 11.3. The molecule has 0 bridgehead atoms. The third kappa shape index (κ3) is 3.10. The van der Waals surface area contributed by atoms with Crippen LogP contribution in [0.2, 0.25) is 0 Å². The number of nitrogens with zero attached hydrogens (tertiary/aromatic N) is 2. The minimum atomic E-state index is -0.463. The third-order valence-electron chi connectivity index (χ3n) is 2.74. The molecule has 0 atom stereocenters. The lowest BCUT2D eigenvalue weighted by atomic mass is 10.2. The molecule has 0 saturated heterocycles. The number of nitrogens with one attached hydrogen (secondary N) is 1. The largest absolute Gasteiger partial charge is 0.431 e. The van der Waals surface area contributed by atoms with Gasteiger partial charge in [-0.25, -0.2) is 4.98 Å². The van der Waals surface area contributed by atoms with E-state index in [1.165, 1.54) is 6.07 Å². The fraction of sp³-hybridized carbons (Fsp3) is 0.214. The molecule has 104 valence electrons. The average Bonchev–Trinajstić information content (AvgIpc) is 2.41. The van der Waals surface area contributed by atoms with E-state index in [1.807, 2.05) is 20.0 Å². The Balaban J connectivity index is 2.39. The lowest BCUT2D eigenvalue weighted by molar-refractivity contribution is -0.385. The van der Waals surface area contributed by atoms with Gasteiger partial charge in [0.15, 0.2) is 0 Å². The molecule has 0 saturated carbocycles. The Morgan fingerprint density at radius 3 is 2.90 bits per heavy atom. The number of nitro groups is 1. The molecule has 0 aliphatic carbocycles. The number of hydrogen-bond acceptors (Lipinski definition) is 5. The van der Waals surface area contributed by atoms with Crippen LogP contribution in [0.4, 0.5) is 5.69 Å². The van der Waals surface area contributed by atoms with Crippen LogP contribution in [0, 0.1) is 17.0 Å². The van der Waals surface area contributed by atoms with Gasteiger partial charge in [0, 0.05) is 24.4 Å². The summed E-state index contributed by atoms with van der Waals surface area (Å²) >= 11 is 0. The number of hydrogen-bond donors (Lipinski definition) is 1. The smallest absolute Gasteiger partial charge is 0.311 e. The van der Waals surface area contributed by atoms with Crippen LogP contribution in [0.25, 0.3) is 0 Å². The van der Waals surface area contributed by atoms with Crippen molar-refractivity contribution in [1.29, 1.82) is 0 Å². The van der Waals surface area contributed by atoms with Gasteiger partial charge in [0.25, 0.3) is 0 Å². The van der Waals surface area contributed by atoms with Crippen molar-refractivity contribution in [3.8, 4) is 11.6 Å². The maximum absolute atomic E-state index is 11.0. The first kappa shape index (κ1) is 14.0. The van der Waals surface area contributed by atoms with Crippen LogP contribution < -0.4 is 10.1 Å². The number of rotatable bonds is 5. The number of pyridine rings is 1. The lowest BCUT2D eigenvalue weighted by Gasteiger charge is -2.10. The van der Waals surface area contributed by atoms with Crippen LogP contribution in [0.1, 0.15) is 11.1 Å². The summed E-state index contributed by atoms with van der Waals surface area (Å²) in [7, 11) is 1.81. The topological polar surface area (TPSA) is 77.3 Å². The van der Waals surface area contributed by atoms with Gasteiger partial charge in [-0.3, -0.25) is 10.1 Å². The van der Waals surface area contributed by atoms with Crippen molar-refractivity contribution in [3.63, 3.8) is 0 Å². The van der Waals surface area contributed by atoms with E-state index in [1.54, 1.807) is 24.4 Å². The highest BCUT2D eigenvalue weighted by Crippen LogP contribution is 2.32. The molecule has 0 unspecified atom stereocenters. The van der Waals surface area contributed by atoms with Crippen molar-refractivity contribution in [2.24, 2.45) is 0 Å². The van der Waals surface area contributed by atoms with Crippen molar-refractivity contribution >= 4 is 5.69 Å². The van der Waals surface area contributed by atoms with Crippen molar-refractivity contribution in [2.45, 2.75) is 13.5 Å². The first-order valence-electron chi connectivity index (χ1n) is 6.13. The van der Waals surface area contributed by atoms with Gasteiger partial charge < -0.3 is 10.1 Å². The SMILES string of the molecule is CNCc1cccnc1Oc1cc(C)ccc1[N+](=O)[O-]. The van der Waals surface area contributed by atoms with E-state index < -0.39 is 4.92 Å². The summed E-state index contributed by atoms with van der Waals surface area (Å²) in [6, 6.07) is 8.41. The van der Waals surface area contributed by atoms with E-state index in [0.717, 1.165) is 11.1 Å². The molecule has 1 N–H and O–H groups in total. The van der Waals surface area contributed by atoms with Crippen molar-refractivity contribution < 1.29 is 9.66 Å². The predicted molar refractivity (Wildman–Crippen MR) is 74.9 cm³/mol. The molecule has 1 heterocycles. The Kier molecular flexibility index (Phi) is 4.27. The summed E-state index contributed by atoms with van der Waals surface area (Å²) in [4.78, 5) is 14.7. The Hall–Kier alpha value is -2.47. The summed E-state index contributed by atoms with van der Waals surface area (Å²) < 4.78 is 5.64. The summed E-state index contributed by atoms with van der Waals surface area (Å²) in [6.45, 7) is 2.42. The first-order valence-corrected chi connectivity index (χ1v) is 6.13. The van der Waals surface area contributed by atoms with Gasteiger partial charge in [-0.05, 0) is 31.7 Å². The molecule has 2 aromatic rings. The summed E-state index contributed by atoms with van der Waals surface area (Å²) in [5.41, 5.74) is 1.65. The maximum atomic E-state index is 11.0. The Bertz CT molecular complexity index is 629. The van der Waals surface area contributed by atoms with Crippen molar-refractivity contribution in [1.82, 2.24) is 10.3 Å². The molecule has 2 rings (SSSR count). The van der Waals surface area contributed by atoms with Gasteiger partial charge in [-0.1, -0.05) is 12.1 Å². The monoisotopic (exact) mass is 273 g/mol. The fourth-order valence-electron chi connectivity index (χ4n) is 1.80. The molecule has 1 aromatic carbocycles. The molecule has 0 amide bonds. The molecule has 0 aliphatic heterocycles. The molecule has 0 aliphatic rings. The molecular weight excluding hydrogens is 258 g/mol. The first-order chi connectivity index (χ1) is 9.61. The molecule has 0 fully saturated rings. The quantitative estimate of drug-likeness (QED) is 0.669. The van der Waals surface area contributed by atoms with Crippen LogP contribution in [0.5, 0.6) is 11.6 Å². The second-order valence-electron chi connectivity index (χ2n) is 4.33. The maximum Gasteiger partial charge on any atom is 0.311 e. The zero-order chi connectivity index (χ0) is 14.5. The van der Waals surface area contributed by atoms with Crippen LogP contribution in [-0.2, 0) is 6.54 Å². The highest BCUT2D eigenvalue weighted by molar-refractivity contribution is 5.50. The Morgan fingerprint density at radius 1 is 1.40 bits per heavy atom. The van der Waals surface area contributed by atoms with E-state index in [2.05, 4.69) is 10.3 Å². The molecule has 0 spiro atoms. The highest BCUT2D eigenvalue weighted by Gasteiger charge is 2.17. The van der Waals surface area contributed by atoms with E-state index >= 15 is 0 Å². The molecule has 6 heteroatoms. The Labute approximate surface area is 116 Å². The number of nitro benzene ring substituents is 1. The summed E-state index contributed by atoms with van der Waals surface area (Å²) in [5.74, 6) is 0.571. The van der Waals surface area contributed by atoms with Gasteiger partial charge in [0.05, 0.1) is 4.92 Å². The predicted octanol–water partition coefficient (Wildman–Crippen LogP) is 2.81. The normalized spacial score (nSPS) is 10.3. The van der Waals surface area contributed by atoms with Crippen molar-refractivity contribution in [2.75, 3.05) is 7.05 Å². The molecule has 6 nitrogen and oxygen atoms in total. The second-order valence-corrected chi connectivity index (χ2v) is 4.33. The second kappa shape index (κ2) is 6.12. The number of benzene rings is 1. The van der Waals surface area contributed by atoms with E-state index in [0.29, 0.717) is 12.4 Å². The molecule has 20 heavy (non-hydrogen) atoms. The van der Waals surface area contributed by atoms with Crippen LogP contribution in [0.15, 0.2) is 36.5 Å². The lowest BCUT2D eigenvalue weighted by Crippen LogP contribution is -2.07. The summed E-state index contributed by atoms with van der Waals surface area (Å²) in [6.07, 6.45) is 1.59. The number of aromatic nitrogens is 1. The van der Waals surface area contributed by atoms with Gasteiger partial charge in [0.1, 0.15) is 0 Å². The number of ether oxygens (including phenoxy) is 1. The van der Waals surface area contributed by atoms with Gasteiger partial charge in [-0.2, -0.15) is 0 Å². The van der Waals surface area contributed by atoms with E-state index in [9.17, 15) is 10.1 Å².